The third-order valence-electron chi connectivity index (χ3n) is 4.11. The van der Waals surface area contributed by atoms with Gasteiger partial charge in [0.25, 0.3) is 0 Å². The highest BCUT2D eigenvalue weighted by Crippen LogP contribution is 2.29. The molecule has 1 N–H and O–H groups in total. The van der Waals surface area contributed by atoms with Crippen LogP contribution in [0.3, 0.4) is 0 Å². The van der Waals surface area contributed by atoms with Gasteiger partial charge >= 0.3 is 0 Å². The Hall–Kier alpha value is 0.250. The fraction of sp³-hybridized carbons (Fsp3) is 1.00. The molecule has 0 aromatic carbocycles. The Labute approximate surface area is 101 Å². The van der Waals surface area contributed by atoms with Crippen molar-refractivity contribution in [1.82, 2.24) is 5.32 Å². The van der Waals surface area contributed by atoms with Gasteiger partial charge in [-0.05, 0) is 44.2 Å². The third-order valence-corrected chi connectivity index (χ3v) is 4.11. The Morgan fingerprint density at radius 3 is 2.13 bits per heavy atom. The third kappa shape index (κ3) is 4.74. The molecule has 0 radical (unpaired) electrons. The van der Waals surface area contributed by atoms with Gasteiger partial charge in [-0.15, -0.1) is 12.4 Å². The molecule has 90 valence electrons. The van der Waals surface area contributed by atoms with Crippen LogP contribution in [0.5, 0.6) is 0 Å². The lowest BCUT2D eigenvalue weighted by Gasteiger charge is -2.26. The maximum Gasteiger partial charge on any atom is -0.00205 e. The summed E-state index contributed by atoms with van der Waals surface area (Å²) in [6, 6.07) is 0. The maximum absolute atomic E-state index is 3.52. The quantitative estimate of drug-likeness (QED) is 0.780. The van der Waals surface area contributed by atoms with E-state index >= 15 is 0 Å². The number of rotatable bonds is 3. The van der Waals surface area contributed by atoms with Gasteiger partial charge < -0.3 is 5.32 Å². The van der Waals surface area contributed by atoms with E-state index in [1.807, 2.05) is 0 Å². The fourth-order valence-corrected chi connectivity index (χ4v) is 3.12. The monoisotopic (exact) mass is 231 g/mol. The molecule has 1 unspecified atom stereocenters. The van der Waals surface area contributed by atoms with Crippen molar-refractivity contribution in [2.75, 3.05) is 13.1 Å². The molecule has 0 aromatic heterocycles. The van der Waals surface area contributed by atoms with E-state index in [2.05, 4.69) is 5.32 Å². The van der Waals surface area contributed by atoms with Crippen molar-refractivity contribution in [3.05, 3.63) is 0 Å². The van der Waals surface area contributed by atoms with Crippen molar-refractivity contribution in [2.45, 2.75) is 57.8 Å². The van der Waals surface area contributed by atoms with E-state index in [-0.39, 0.29) is 12.4 Å². The van der Waals surface area contributed by atoms with Crippen LogP contribution in [0.25, 0.3) is 0 Å². The van der Waals surface area contributed by atoms with Crippen LogP contribution in [0.2, 0.25) is 0 Å². The molecule has 0 bridgehead atoms. The lowest BCUT2D eigenvalue weighted by molar-refractivity contribution is 0.282. The van der Waals surface area contributed by atoms with Crippen molar-refractivity contribution in [2.24, 2.45) is 11.8 Å². The summed E-state index contributed by atoms with van der Waals surface area (Å²) < 4.78 is 0. The highest BCUT2D eigenvalue weighted by molar-refractivity contribution is 5.85. The normalized spacial score (nSPS) is 28.4. The molecule has 1 aliphatic heterocycles. The maximum atomic E-state index is 3.52. The van der Waals surface area contributed by atoms with Crippen molar-refractivity contribution >= 4 is 12.4 Å². The molecule has 0 amide bonds. The summed E-state index contributed by atoms with van der Waals surface area (Å²) in [5, 5.41) is 3.52. The minimum absolute atomic E-state index is 0. The van der Waals surface area contributed by atoms with Crippen LogP contribution in [0, 0.1) is 11.8 Å². The summed E-state index contributed by atoms with van der Waals surface area (Å²) in [7, 11) is 0. The zero-order chi connectivity index (χ0) is 9.64. The molecule has 15 heavy (non-hydrogen) atoms. The van der Waals surface area contributed by atoms with Gasteiger partial charge in [-0.2, -0.15) is 0 Å². The van der Waals surface area contributed by atoms with Crippen molar-refractivity contribution in [1.29, 1.82) is 0 Å². The lowest BCUT2D eigenvalue weighted by Crippen LogP contribution is -2.30. The number of piperidine rings is 1. The topological polar surface area (TPSA) is 12.0 Å². The number of nitrogens with one attached hydrogen (secondary N) is 1. The zero-order valence-corrected chi connectivity index (χ0v) is 10.7. The zero-order valence-electron chi connectivity index (χ0n) is 9.84. The molecular formula is C13H26ClN. The first-order chi connectivity index (χ1) is 6.95. The van der Waals surface area contributed by atoms with Gasteiger partial charge in [0.05, 0.1) is 0 Å². The van der Waals surface area contributed by atoms with E-state index in [0.29, 0.717) is 0 Å². The highest BCUT2D eigenvalue weighted by Gasteiger charge is 2.17. The standard InChI is InChI=1S/C13H25N.ClH/c1-2-5-12(6-3-1)8-9-13-7-4-10-14-11-13;/h12-14H,1-11H2;1H. The summed E-state index contributed by atoms with van der Waals surface area (Å²) >= 11 is 0. The second-order valence-corrected chi connectivity index (χ2v) is 5.29. The predicted octanol–water partition coefficient (Wildman–Crippen LogP) is 3.77. The molecule has 0 aromatic rings. The molecule has 1 aliphatic carbocycles. The predicted molar refractivity (Wildman–Crippen MR) is 68.7 cm³/mol. The smallest absolute Gasteiger partial charge is 0.00205 e. The number of hydrogen-bond acceptors (Lipinski definition) is 1. The van der Waals surface area contributed by atoms with Crippen LogP contribution in [0.15, 0.2) is 0 Å². The van der Waals surface area contributed by atoms with Gasteiger partial charge in [0.1, 0.15) is 0 Å². The molecule has 2 aliphatic rings. The molecule has 1 saturated heterocycles. The lowest BCUT2D eigenvalue weighted by atomic mass is 9.83. The van der Waals surface area contributed by atoms with Crippen LogP contribution in [0.1, 0.15) is 57.8 Å². The van der Waals surface area contributed by atoms with Crippen LogP contribution in [-0.2, 0) is 0 Å². The van der Waals surface area contributed by atoms with E-state index in [4.69, 9.17) is 0 Å². The SMILES string of the molecule is C1CCC(CCC2CCCNC2)CC1.Cl. The molecule has 1 atom stereocenters. The van der Waals surface area contributed by atoms with Crippen LogP contribution in [-0.4, -0.2) is 13.1 Å². The molecule has 1 saturated carbocycles. The van der Waals surface area contributed by atoms with Gasteiger partial charge in [0.15, 0.2) is 0 Å². The molecule has 2 heteroatoms. The average molecular weight is 232 g/mol. The molecule has 0 spiro atoms. The van der Waals surface area contributed by atoms with Crippen LogP contribution >= 0.6 is 12.4 Å². The second kappa shape index (κ2) is 7.51. The molecule has 2 fully saturated rings. The first kappa shape index (κ1) is 13.3. The Kier molecular flexibility index (Phi) is 6.67. The van der Waals surface area contributed by atoms with Gasteiger partial charge in [0, 0.05) is 0 Å². The largest absolute Gasteiger partial charge is 0.316 e. The summed E-state index contributed by atoms with van der Waals surface area (Å²) in [6.45, 7) is 2.56. The molecule has 1 heterocycles. The van der Waals surface area contributed by atoms with E-state index in [1.54, 1.807) is 0 Å². The average Bonchev–Trinajstić information content (AvgIpc) is 2.29. The molecule has 2 rings (SSSR count). The van der Waals surface area contributed by atoms with Gasteiger partial charge in [-0.25, -0.2) is 0 Å². The Bertz CT molecular complexity index is 131. The van der Waals surface area contributed by atoms with E-state index in [0.717, 1.165) is 11.8 Å². The first-order valence-corrected chi connectivity index (χ1v) is 6.66. The Morgan fingerprint density at radius 2 is 1.47 bits per heavy atom. The highest BCUT2D eigenvalue weighted by atomic mass is 35.5. The molecular weight excluding hydrogens is 206 g/mol. The summed E-state index contributed by atoms with van der Waals surface area (Å²) in [5.41, 5.74) is 0. The van der Waals surface area contributed by atoms with Gasteiger partial charge in [-0.3, -0.25) is 0 Å². The summed E-state index contributed by atoms with van der Waals surface area (Å²) in [6.07, 6.45) is 13.5. The number of hydrogen-bond donors (Lipinski definition) is 1. The van der Waals surface area contributed by atoms with Crippen LogP contribution < -0.4 is 5.32 Å². The minimum Gasteiger partial charge on any atom is -0.316 e. The van der Waals surface area contributed by atoms with Crippen LogP contribution in [0.4, 0.5) is 0 Å². The van der Waals surface area contributed by atoms with E-state index in [9.17, 15) is 0 Å². The Balaban J connectivity index is 0.00000112. The van der Waals surface area contributed by atoms with E-state index in [1.165, 1.54) is 70.9 Å². The van der Waals surface area contributed by atoms with E-state index < -0.39 is 0 Å². The summed E-state index contributed by atoms with van der Waals surface area (Å²) in [5.74, 6) is 2.09. The second-order valence-electron chi connectivity index (χ2n) is 5.29. The minimum atomic E-state index is 0. The fourth-order valence-electron chi connectivity index (χ4n) is 3.12. The van der Waals surface area contributed by atoms with Crippen molar-refractivity contribution in [3.63, 3.8) is 0 Å². The first-order valence-electron chi connectivity index (χ1n) is 6.66. The van der Waals surface area contributed by atoms with Crippen molar-refractivity contribution < 1.29 is 0 Å². The van der Waals surface area contributed by atoms with Gasteiger partial charge in [-0.1, -0.05) is 38.5 Å². The Morgan fingerprint density at radius 1 is 0.800 bits per heavy atom. The van der Waals surface area contributed by atoms with Crippen molar-refractivity contribution in [3.8, 4) is 0 Å². The molecule has 1 nitrogen and oxygen atoms in total. The van der Waals surface area contributed by atoms with Gasteiger partial charge in [0.2, 0.25) is 0 Å². The summed E-state index contributed by atoms with van der Waals surface area (Å²) in [4.78, 5) is 0. The number of halogens is 1.